The first-order valence-electron chi connectivity index (χ1n) is 14.9. The van der Waals surface area contributed by atoms with Crippen LogP contribution in [0.4, 0.5) is 19.0 Å². The molecule has 242 valence electrons. The van der Waals surface area contributed by atoms with Crippen molar-refractivity contribution in [2.75, 3.05) is 25.0 Å². The van der Waals surface area contributed by atoms with E-state index in [0.29, 0.717) is 71.7 Å². The number of aromatic hydroxyl groups is 1. The van der Waals surface area contributed by atoms with E-state index < -0.39 is 28.4 Å². The zero-order valence-corrected chi connectivity index (χ0v) is 27.0. The highest BCUT2D eigenvalue weighted by Gasteiger charge is 2.38. The van der Waals surface area contributed by atoms with Crippen molar-refractivity contribution < 1.29 is 31.5 Å². The number of sulfonamides is 1. The summed E-state index contributed by atoms with van der Waals surface area (Å²) in [5, 5.41) is 18.3. The van der Waals surface area contributed by atoms with Gasteiger partial charge >= 0.3 is 6.18 Å². The number of alkyl halides is 3. The van der Waals surface area contributed by atoms with E-state index in [1.807, 2.05) is 6.07 Å². The molecule has 2 aliphatic rings. The molecular formula is C32H31BrF3N5O4S. The van der Waals surface area contributed by atoms with Crippen LogP contribution < -0.4 is 5.32 Å². The minimum atomic E-state index is -4.88. The van der Waals surface area contributed by atoms with Crippen molar-refractivity contribution in [1.29, 1.82) is 0 Å². The monoisotopic (exact) mass is 717 g/mol. The Balaban J connectivity index is 1.17. The Hall–Kier alpha value is -3.75. The highest BCUT2D eigenvalue weighted by Crippen LogP contribution is 2.33. The molecule has 0 bridgehead atoms. The van der Waals surface area contributed by atoms with Gasteiger partial charge in [0.05, 0.1) is 21.3 Å². The number of anilines is 1. The molecular weight excluding hydrogens is 687 g/mol. The summed E-state index contributed by atoms with van der Waals surface area (Å²) >= 11 is 3.49. The number of carbonyl (C=O) groups is 1. The summed E-state index contributed by atoms with van der Waals surface area (Å²) < 4.78 is 69.7. The number of halogens is 4. The lowest BCUT2D eigenvalue weighted by atomic mass is 10.00. The number of ketones is 1. The molecule has 1 unspecified atom stereocenters. The van der Waals surface area contributed by atoms with Crippen LogP contribution in [0.1, 0.15) is 36.8 Å². The second kappa shape index (κ2) is 12.8. The Labute approximate surface area is 272 Å². The molecule has 0 radical (unpaired) electrons. The van der Waals surface area contributed by atoms with E-state index in [0.717, 1.165) is 17.5 Å². The second-order valence-electron chi connectivity index (χ2n) is 11.6. The summed E-state index contributed by atoms with van der Waals surface area (Å²) in [6.45, 7) is 1.15. The fourth-order valence-corrected chi connectivity index (χ4v) is 7.97. The van der Waals surface area contributed by atoms with Gasteiger partial charge in [0, 0.05) is 37.7 Å². The summed E-state index contributed by atoms with van der Waals surface area (Å²) in [5.74, 6) is -1.04. The first-order chi connectivity index (χ1) is 21.9. The molecule has 2 aromatic carbocycles. The van der Waals surface area contributed by atoms with Crippen molar-refractivity contribution in [3.63, 3.8) is 0 Å². The number of allylic oxidation sites excluding steroid dienone is 2. The lowest BCUT2D eigenvalue weighted by molar-refractivity contribution is -0.170. The average molecular weight is 719 g/mol. The first-order valence-corrected chi connectivity index (χ1v) is 17.1. The maximum atomic E-state index is 13.8. The van der Waals surface area contributed by atoms with Crippen LogP contribution in [0.5, 0.6) is 5.75 Å². The van der Waals surface area contributed by atoms with Crippen LogP contribution in [-0.2, 0) is 27.7 Å². The molecule has 1 aliphatic heterocycles. The minimum absolute atomic E-state index is 0.00295. The van der Waals surface area contributed by atoms with Crippen molar-refractivity contribution in [2.45, 2.75) is 49.6 Å². The molecule has 0 spiro atoms. The molecule has 1 fully saturated rings. The second-order valence-corrected chi connectivity index (χ2v) is 14.4. The van der Waals surface area contributed by atoms with Crippen molar-refractivity contribution in [3.8, 4) is 17.0 Å². The lowest BCUT2D eigenvalue weighted by Gasteiger charge is -2.32. The lowest BCUT2D eigenvalue weighted by Crippen LogP contribution is -2.41. The quantitative estimate of drug-likeness (QED) is 0.205. The summed E-state index contributed by atoms with van der Waals surface area (Å²) in [5.41, 5.74) is 3.70. The number of piperidine rings is 1. The fourth-order valence-electron chi connectivity index (χ4n) is 6.02. The molecule has 2 N–H and O–H groups in total. The normalized spacial score (nSPS) is 17.7. The number of Topliss-reactive ketones (excluding diaryl/α,β-unsaturated/α-hetero) is 1. The van der Waals surface area contributed by atoms with E-state index in [4.69, 9.17) is 0 Å². The number of hydrogen-bond acceptors (Lipinski definition) is 7. The highest BCUT2D eigenvalue weighted by molar-refractivity contribution is 9.10. The predicted molar refractivity (Wildman–Crippen MR) is 170 cm³/mol. The molecule has 0 saturated carbocycles. The Morgan fingerprint density at radius 1 is 1.11 bits per heavy atom. The molecule has 4 aromatic rings. The number of phenolic OH excluding ortho intramolecular Hbond substituents is 1. The third-order valence-corrected chi connectivity index (χ3v) is 10.9. The van der Waals surface area contributed by atoms with Crippen LogP contribution in [0, 0.1) is 5.92 Å². The van der Waals surface area contributed by atoms with Gasteiger partial charge in [-0.1, -0.05) is 29.8 Å². The number of benzene rings is 2. The molecule has 9 nitrogen and oxygen atoms in total. The Morgan fingerprint density at radius 3 is 2.70 bits per heavy atom. The van der Waals surface area contributed by atoms with Crippen LogP contribution in [0.25, 0.3) is 16.9 Å². The molecule has 3 heterocycles. The van der Waals surface area contributed by atoms with Crippen LogP contribution in [-0.4, -0.2) is 64.0 Å². The first kappa shape index (κ1) is 32.2. The van der Waals surface area contributed by atoms with Gasteiger partial charge in [0.15, 0.2) is 5.65 Å². The number of carbonyl (C=O) groups excluding carboxylic acids is 1. The van der Waals surface area contributed by atoms with Crippen LogP contribution in [0.2, 0.25) is 0 Å². The van der Waals surface area contributed by atoms with Gasteiger partial charge in [-0.05, 0) is 89.3 Å². The molecule has 14 heteroatoms. The molecule has 1 atom stereocenters. The number of nitrogens with zero attached hydrogens (tertiary/aromatic N) is 4. The Bertz CT molecular complexity index is 1940. The number of fused-ring (bicyclic) bond motifs is 2. The Kier molecular flexibility index (Phi) is 8.96. The summed E-state index contributed by atoms with van der Waals surface area (Å²) in [7, 11) is -3.83. The van der Waals surface area contributed by atoms with Crippen molar-refractivity contribution in [1.82, 2.24) is 18.9 Å². The largest absolute Gasteiger partial charge is 0.507 e. The van der Waals surface area contributed by atoms with Gasteiger partial charge in [-0.2, -0.15) is 27.1 Å². The molecule has 0 amide bonds. The standard InChI is InChI=1S/C32H31BrF3N5O4S/c33-26-18-38-41-30(16-27(39-31(26)41)25-5-1-2-6-28(25)42)37-17-21-4-3-13-40(19-21)46(44,45)24-12-11-22-9-7-20(8-10-23(22)15-24)14-29(43)32(34,35)36/h1-2,5-6,8,11-12,15-16,18,21,37,42H,3-4,7,9-10,13-14,17,19H2. The smallest absolute Gasteiger partial charge is 0.450 e. The van der Waals surface area contributed by atoms with Crippen LogP contribution >= 0.6 is 15.9 Å². The van der Waals surface area contributed by atoms with E-state index in [1.54, 1.807) is 59.3 Å². The van der Waals surface area contributed by atoms with E-state index in [1.165, 1.54) is 4.31 Å². The van der Waals surface area contributed by atoms with Gasteiger partial charge in [-0.15, -0.1) is 0 Å². The fraction of sp³-hybridized carbons (Fsp3) is 0.344. The summed E-state index contributed by atoms with van der Waals surface area (Å²) in [4.78, 5) is 16.3. The van der Waals surface area contributed by atoms with E-state index in [9.17, 15) is 31.5 Å². The van der Waals surface area contributed by atoms with Gasteiger partial charge in [0.25, 0.3) is 0 Å². The molecule has 1 saturated heterocycles. The van der Waals surface area contributed by atoms with Gasteiger partial charge in [0.2, 0.25) is 15.8 Å². The molecule has 6 rings (SSSR count). The zero-order chi connectivity index (χ0) is 32.6. The number of rotatable bonds is 8. The number of hydrogen-bond donors (Lipinski definition) is 2. The number of para-hydroxylation sites is 1. The van der Waals surface area contributed by atoms with E-state index in [2.05, 4.69) is 31.3 Å². The molecule has 46 heavy (non-hydrogen) atoms. The van der Waals surface area contributed by atoms with Gasteiger partial charge in [-0.25, -0.2) is 13.4 Å². The third kappa shape index (κ3) is 6.69. The van der Waals surface area contributed by atoms with Crippen LogP contribution in [0.15, 0.2) is 75.7 Å². The van der Waals surface area contributed by atoms with Crippen molar-refractivity contribution >= 4 is 43.2 Å². The minimum Gasteiger partial charge on any atom is -0.507 e. The number of nitrogens with one attached hydrogen (secondary N) is 1. The van der Waals surface area contributed by atoms with Crippen LogP contribution in [0.3, 0.4) is 0 Å². The van der Waals surface area contributed by atoms with Gasteiger partial charge in [-0.3, -0.25) is 4.79 Å². The molecule has 2 aromatic heterocycles. The topological polar surface area (TPSA) is 117 Å². The number of aromatic nitrogens is 3. The number of phenols is 1. The zero-order valence-electron chi connectivity index (χ0n) is 24.6. The SMILES string of the molecule is O=C(CC1=CCc2cc(S(=O)(=O)N3CCCC(CNc4cc(-c5ccccc5O)nc5c(Br)cnn45)C3)ccc2CC1)C(F)(F)F. The summed E-state index contributed by atoms with van der Waals surface area (Å²) in [6, 6.07) is 13.6. The van der Waals surface area contributed by atoms with Crippen molar-refractivity contribution in [2.24, 2.45) is 5.92 Å². The van der Waals surface area contributed by atoms with Gasteiger partial charge < -0.3 is 10.4 Å². The third-order valence-electron chi connectivity index (χ3n) is 8.51. The van der Waals surface area contributed by atoms with E-state index >= 15 is 0 Å². The number of aryl methyl sites for hydroxylation is 1. The predicted octanol–water partition coefficient (Wildman–Crippen LogP) is 6.31. The van der Waals surface area contributed by atoms with Gasteiger partial charge in [0.1, 0.15) is 11.6 Å². The highest BCUT2D eigenvalue weighted by atomic mass is 79.9. The molecule has 1 aliphatic carbocycles. The van der Waals surface area contributed by atoms with Crippen molar-refractivity contribution in [3.05, 3.63) is 82.0 Å². The maximum absolute atomic E-state index is 13.8. The van der Waals surface area contributed by atoms with E-state index in [-0.39, 0.29) is 23.0 Å². The maximum Gasteiger partial charge on any atom is 0.450 e. The Morgan fingerprint density at radius 2 is 1.91 bits per heavy atom. The average Bonchev–Trinajstić information content (AvgIpc) is 3.29. The summed E-state index contributed by atoms with van der Waals surface area (Å²) in [6.07, 6.45) is 0.208.